The first-order chi connectivity index (χ1) is 8.43. The van der Waals surface area contributed by atoms with Gasteiger partial charge in [0.1, 0.15) is 0 Å². The molecule has 0 heterocycles. The fourth-order valence-electron chi connectivity index (χ4n) is 1.07. The summed E-state index contributed by atoms with van der Waals surface area (Å²) >= 11 is 0. The number of Topliss-reactive ketones (excluding diaryl/α,β-unsaturated/α-hetero) is 1. The summed E-state index contributed by atoms with van der Waals surface area (Å²) in [5.74, 6) is -9.15. The number of alkyl halides is 6. The molecule has 2 nitrogen and oxygen atoms in total. The fraction of sp³-hybridized carbons (Fsp3) is 0.222. The Morgan fingerprint density at radius 2 is 1.53 bits per heavy atom. The molecular formula is C9H2F8O2. The van der Waals surface area contributed by atoms with Crippen molar-refractivity contribution in [2.24, 2.45) is 0 Å². The average Bonchev–Trinajstić information content (AvgIpc) is 2.21. The van der Waals surface area contributed by atoms with Crippen LogP contribution in [0.15, 0.2) is 12.1 Å². The zero-order valence-corrected chi connectivity index (χ0v) is 8.49. The Balaban J connectivity index is 3.33. The van der Waals surface area contributed by atoms with Crippen LogP contribution in [0.3, 0.4) is 0 Å². The number of benzene rings is 1. The molecule has 0 N–H and O–H groups in total. The molecule has 0 aliphatic rings. The highest BCUT2D eigenvalue weighted by molar-refractivity contribution is 6.00. The maximum atomic E-state index is 13.3. The maximum Gasteiger partial charge on any atom is 0.573 e. The van der Waals surface area contributed by atoms with Crippen molar-refractivity contribution in [2.45, 2.75) is 12.5 Å². The van der Waals surface area contributed by atoms with Gasteiger partial charge in [0.25, 0.3) is 5.78 Å². The van der Waals surface area contributed by atoms with Gasteiger partial charge in [-0.15, -0.1) is 13.2 Å². The van der Waals surface area contributed by atoms with Gasteiger partial charge in [0.2, 0.25) is 5.75 Å². The third kappa shape index (κ3) is 3.55. The van der Waals surface area contributed by atoms with Crippen molar-refractivity contribution >= 4 is 5.78 Å². The standard InChI is InChI=1S/C9H2F8O2/c10-4-2-1-3(7(18)8(12,13)14)5(11)6(4)19-9(15,16)17/h1-2H. The molecule has 0 aliphatic carbocycles. The lowest BCUT2D eigenvalue weighted by Crippen LogP contribution is -2.25. The van der Waals surface area contributed by atoms with E-state index >= 15 is 0 Å². The first kappa shape index (κ1) is 15.2. The minimum absolute atomic E-state index is 0.0587. The quantitative estimate of drug-likeness (QED) is 0.615. The number of ketones is 1. The van der Waals surface area contributed by atoms with Crippen molar-refractivity contribution in [1.82, 2.24) is 0 Å². The summed E-state index contributed by atoms with van der Waals surface area (Å²) in [6, 6.07) is 0.132. The van der Waals surface area contributed by atoms with Crippen LogP contribution in [0, 0.1) is 11.6 Å². The van der Waals surface area contributed by atoms with E-state index in [4.69, 9.17) is 0 Å². The molecule has 0 spiro atoms. The zero-order chi connectivity index (χ0) is 15.0. The third-order valence-electron chi connectivity index (χ3n) is 1.77. The van der Waals surface area contributed by atoms with Gasteiger partial charge in [0.15, 0.2) is 11.6 Å². The molecule has 1 rings (SSSR count). The van der Waals surface area contributed by atoms with Crippen molar-refractivity contribution in [3.63, 3.8) is 0 Å². The molecule has 0 unspecified atom stereocenters. The van der Waals surface area contributed by atoms with Crippen LogP contribution < -0.4 is 4.74 Å². The molecule has 0 saturated heterocycles. The molecule has 1 aromatic carbocycles. The molecule has 0 amide bonds. The second kappa shape index (κ2) is 4.67. The highest BCUT2D eigenvalue weighted by Gasteiger charge is 2.42. The van der Waals surface area contributed by atoms with Gasteiger partial charge in [0.05, 0.1) is 5.56 Å². The van der Waals surface area contributed by atoms with Gasteiger partial charge in [-0.3, -0.25) is 4.79 Å². The SMILES string of the molecule is O=C(c1ccc(F)c(OC(F)(F)F)c1F)C(F)(F)F. The largest absolute Gasteiger partial charge is 0.573 e. The van der Waals surface area contributed by atoms with Gasteiger partial charge in [-0.1, -0.05) is 0 Å². The van der Waals surface area contributed by atoms with Gasteiger partial charge >= 0.3 is 12.5 Å². The normalized spacial score (nSPS) is 12.4. The fourth-order valence-corrected chi connectivity index (χ4v) is 1.07. The Morgan fingerprint density at radius 1 is 1.00 bits per heavy atom. The van der Waals surface area contributed by atoms with Gasteiger partial charge < -0.3 is 4.74 Å². The Kier molecular flexibility index (Phi) is 3.73. The number of halogens is 8. The van der Waals surface area contributed by atoms with E-state index in [1.165, 1.54) is 0 Å². The monoisotopic (exact) mass is 294 g/mol. The molecular weight excluding hydrogens is 292 g/mol. The van der Waals surface area contributed by atoms with E-state index in [1.54, 1.807) is 0 Å². The topological polar surface area (TPSA) is 26.3 Å². The Bertz CT molecular complexity index is 502. The van der Waals surface area contributed by atoms with Gasteiger partial charge in [-0.05, 0) is 12.1 Å². The van der Waals surface area contributed by atoms with Crippen LogP contribution in [0.2, 0.25) is 0 Å². The molecule has 0 radical (unpaired) electrons. The smallest absolute Gasteiger partial charge is 0.399 e. The molecule has 0 atom stereocenters. The van der Waals surface area contributed by atoms with Crippen molar-refractivity contribution in [2.75, 3.05) is 0 Å². The minimum Gasteiger partial charge on any atom is -0.399 e. The maximum absolute atomic E-state index is 13.3. The van der Waals surface area contributed by atoms with Gasteiger partial charge in [-0.25, -0.2) is 8.78 Å². The van der Waals surface area contributed by atoms with E-state index in [0.717, 1.165) is 0 Å². The Morgan fingerprint density at radius 3 is 1.95 bits per heavy atom. The predicted octanol–water partition coefficient (Wildman–Crippen LogP) is 3.61. The van der Waals surface area contributed by atoms with E-state index in [0.29, 0.717) is 0 Å². The summed E-state index contributed by atoms with van der Waals surface area (Å²) in [6.45, 7) is 0. The highest BCUT2D eigenvalue weighted by atomic mass is 19.4. The first-order valence-electron chi connectivity index (χ1n) is 4.28. The lowest BCUT2D eigenvalue weighted by atomic mass is 10.1. The van der Waals surface area contributed by atoms with Crippen molar-refractivity contribution in [1.29, 1.82) is 0 Å². The molecule has 0 bridgehead atoms. The molecule has 1 aromatic rings. The number of carbonyl (C=O) groups is 1. The third-order valence-corrected chi connectivity index (χ3v) is 1.77. The van der Waals surface area contributed by atoms with E-state index in [1.807, 2.05) is 0 Å². The van der Waals surface area contributed by atoms with E-state index < -0.39 is 41.3 Å². The van der Waals surface area contributed by atoms with Crippen LogP contribution in [0.1, 0.15) is 10.4 Å². The Labute approximate surface area is 99.1 Å². The van der Waals surface area contributed by atoms with Gasteiger partial charge in [-0.2, -0.15) is 13.2 Å². The summed E-state index contributed by atoms with van der Waals surface area (Å²) in [7, 11) is 0. The lowest BCUT2D eigenvalue weighted by Gasteiger charge is -2.13. The van der Waals surface area contributed by atoms with E-state index in [-0.39, 0.29) is 12.1 Å². The summed E-state index contributed by atoms with van der Waals surface area (Å²) in [5.41, 5.74) is -1.77. The van der Waals surface area contributed by atoms with Crippen LogP contribution in [0.5, 0.6) is 5.75 Å². The molecule has 0 fully saturated rings. The second-order valence-corrected chi connectivity index (χ2v) is 3.11. The highest BCUT2D eigenvalue weighted by Crippen LogP contribution is 2.32. The first-order valence-corrected chi connectivity index (χ1v) is 4.28. The Hall–Kier alpha value is -1.87. The van der Waals surface area contributed by atoms with E-state index in [9.17, 15) is 39.9 Å². The van der Waals surface area contributed by atoms with Crippen LogP contribution in [0.4, 0.5) is 35.1 Å². The molecule has 19 heavy (non-hydrogen) atoms. The van der Waals surface area contributed by atoms with Crippen molar-refractivity contribution in [3.05, 3.63) is 29.3 Å². The second-order valence-electron chi connectivity index (χ2n) is 3.11. The molecule has 0 saturated carbocycles. The number of ether oxygens (including phenoxy) is 1. The minimum atomic E-state index is -5.53. The molecule has 106 valence electrons. The van der Waals surface area contributed by atoms with Crippen LogP contribution >= 0.6 is 0 Å². The van der Waals surface area contributed by atoms with Crippen LogP contribution in [0.25, 0.3) is 0 Å². The van der Waals surface area contributed by atoms with Crippen LogP contribution in [-0.2, 0) is 0 Å². The molecule has 0 aromatic heterocycles. The van der Waals surface area contributed by atoms with Gasteiger partial charge in [0, 0.05) is 0 Å². The number of hydrogen-bond acceptors (Lipinski definition) is 2. The average molecular weight is 294 g/mol. The molecule has 0 aliphatic heterocycles. The lowest BCUT2D eigenvalue weighted by molar-refractivity contribution is -0.276. The zero-order valence-electron chi connectivity index (χ0n) is 8.49. The number of hydrogen-bond donors (Lipinski definition) is 0. The van der Waals surface area contributed by atoms with E-state index in [2.05, 4.69) is 4.74 Å². The van der Waals surface area contributed by atoms with Crippen LogP contribution in [-0.4, -0.2) is 18.3 Å². The summed E-state index contributed by atoms with van der Waals surface area (Å²) in [5, 5.41) is 0. The number of carbonyl (C=O) groups excluding carboxylic acids is 1. The number of rotatable bonds is 2. The summed E-state index contributed by atoms with van der Waals surface area (Å²) in [4.78, 5) is 10.7. The summed E-state index contributed by atoms with van der Waals surface area (Å²) in [6.07, 6.45) is -11.0. The van der Waals surface area contributed by atoms with Crippen molar-refractivity contribution < 1.29 is 44.7 Å². The van der Waals surface area contributed by atoms with Crippen molar-refractivity contribution in [3.8, 4) is 5.75 Å². The predicted molar refractivity (Wildman–Crippen MR) is 43.4 cm³/mol. The summed E-state index contributed by atoms with van der Waals surface area (Å²) < 4.78 is 100. The molecule has 10 heteroatoms.